The van der Waals surface area contributed by atoms with Gasteiger partial charge in [0.25, 0.3) is 0 Å². The zero-order chi connectivity index (χ0) is 8.43. The summed E-state index contributed by atoms with van der Waals surface area (Å²) in [6.07, 6.45) is 1.90. The zero-order valence-electron chi connectivity index (χ0n) is 7.26. The molecule has 1 unspecified atom stereocenters. The Morgan fingerprint density at radius 2 is 2.18 bits per heavy atom. The molecule has 1 aromatic rings. The van der Waals surface area contributed by atoms with Crippen LogP contribution in [-0.2, 0) is 0 Å². The molecule has 0 fully saturated rings. The van der Waals surface area contributed by atoms with Gasteiger partial charge in [-0.1, -0.05) is 34.6 Å². The highest BCUT2D eigenvalue weighted by Crippen LogP contribution is 2.10. The molecule has 1 rings (SSSR count). The summed E-state index contributed by atoms with van der Waals surface area (Å²) in [6, 6.07) is 2.19. The van der Waals surface area contributed by atoms with Crippen molar-refractivity contribution in [1.82, 2.24) is 4.98 Å². The topological polar surface area (TPSA) is 12.9 Å². The first kappa shape index (κ1) is 8.74. The van der Waals surface area contributed by atoms with Crippen molar-refractivity contribution in [2.45, 2.75) is 19.8 Å². The predicted octanol–water partition coefficient (Wildman–Crippen LogP) is -0.0362. The Bertz CT molecular complexity index is 260. The molecular weight excluding hydrogens is 152 g/mol. The Kier molecular flexibility index (Phi) is 2.67. The van der Waals surface area contributed by atoms with E-state index in [1.807, 2.05) is 6.20 Å². The van der Waals surface area contributed by atoms with Crippen LogP contribution < -0.4 is 10.9 Å². The minimum Gasteiger partial charge on any atom is -0.257 e. The molecule has 0 saturated carbocycles. The van der Waals surface area contributed by atoms with Crippen LogP contribution in [0.1, 0.15) is 25.3 Å². The monoisotopic (exact) mass is 165 g/mol. The molecular formula is C8H13BNP. The number of nitrogens with zero attached hydrogens (tertiary/aromatic N) is 1. The van der Waals surface area contributed by atoms with Crippen molar-refractivity contribution in [3.8, 4) is 0 Å². The van der Waals surface area contributed by atoms with Gasteiger partial charge >= 0.3 is 0 Å². The highest BCUT2D eigenvalue weighted by Gasteiger charge is 2.03. The van der Waals surface area contributed by atoms with Gasteiger partial charge in [-0.25, -0.2) is 0 Å². The second-order valence-corrected chi connectivity index (χ2v) is 3.69. The maximum absolute atomic E-state index is 4.26. The lowest BCUT2D eigenvalue weighted by Crippen LogP contribution is -2.15. The molecule has 0 saturated heterocycles. The smallest absolute Gasteiger partial charge is 0.141 e. The Balaban J connectivity index is 3.13. The van der Waals surface area contributed by atoms with Crippen molar-refractivity contribution in [2.75, 3.05) is 0 Å². The minimum atomic E-state index is 0.565. The van der Waals surface area contributed by atoms with Crippen LogP contribution >= 0.6 is 9.24 Å². The Morgan fingerprint density at radius 1 is 1.55 bits per heavy atom. The Labute approximate surface area is 71.2 Å². The van der Waals surface area contributed by atoms with E-state index in [0.29, 0.717) is 5.92 Å². The summed E-state index contributed by atoms with van der Waals surface area (Å²) in [5.74, 6) is 0.565. The van der Waals surface area contributed by atoms with Gasteiger partial charge in [0.05, 0.1) is 5.44 Å². The van der Waals surface area contributed by atoms with E-state index in [9.17, 15) is 0 Å². The van der Waals surface area contributed by atoms with Gasteiger partial charge in [-0.2, -0.15) is 0 Å². The number of hydrogen-bond acceptors (Lipinski definition) is 1. The molecule has 0 bridgehead atoms. The molecule has 0 aliphatic heterocycles. The van der Waals surface area contributed by atoms with Crippen molar-refractivity contribution >= 4 is 28.0 Å². The van der Waals surface area contributed by atoms with E-state index in [2.05, 4.69) is 42.0 Å². The SMILES string of the molecule is Bc1cnc(P)c(C(C)C)c1. The normalized spacial score (nSPS) is 10.5. The van der Waals surface area contributed by atoms with Crippen molar-refractivity contribution < 1.29 is 0 Å². The van der Waals surface area contributed by atoms with E-state index in [0.717, 1.165) is 5.44 Å². The molecule has 0 radical (unpaired) electrons. The van der Waals surface area contributed by atoms with Gasteiger partial charge in [0.2, 0.25) is 0 Å². The van der Waals surface area contributed by atoms with Crippen LogP contribution in [0.15, 0.2) is 12.3 Å². The average Bonchev–Trinajstić information content (AvgIpc) is 1.94. The summed E-state index contributed by atoms with van der Waals surface area (Å²) in [7, 11) is 4.74. The lowest BCUT2D eigenvalue weighted by Gasteiger charge is -2.08. The molecule has 0 aliphatic carbocycles. The summed E-state index contributed by atoms with van der Waals surface area (Å²) in [5, 5.41) is 0. The maximum atomic E-state index is 4.26. The van der Waals surface area contributed by atoms with E-state index < -0.39 is 0 Å². The third kappa shape index (κ3) is 2.03. The zero-order valence-corrected chi connectivity index (χ0v) is 8.41. The quantitative estimate of drug-likeness (QED) is 0.420. The number of rotatable bonds is 1. The third-order valence-electron chi connectivity index (χ3n) is 1.71. The van der Waals surface area contributed by atoms with Gasteiger partial charge in [-0.05, 0) is 11.5 Å². The van der Waals surface area contributed by atoms with Crippen molar-refractivity contribution in [2.24, 2.45) is 0 Å². The van der Waals surface area contributed by atoms with Crippen LogP contribution in [0.25, 0.3) is 0 Å². The largest absolute Gasteiger partial charge is 0.257 e. The molecule has 1 atom stereocenters. The summed E-state index contributed by atoms with van der Waals surface area (Å²) in [5.41, 5.74) is 3.64. The summed E-state index contributed by atoms with van der Waals surface area (Å²) < 4.78 is 0. The fourth-order valence-electron chi connectivity index (χ4n) is 1.06. The van der Waals surface area contributed by atoms with E-state index in [1.54, 1.807) is 0 Å². The van der Waals surface area contributed by atoms with E-state index in [-0.39, 0.29) is 0 Å². The van der Waals surface area contributed by atoms with Gasteiger partial charge in [-0.15, -0.1) is 0 Å². The van der Waals surface area contributed by atoms with Crippen molar-refractivity contribution in [3.63, 3.8) is 0 Å². The first-order valence-corrected chi connectivity index (χ1v) is 4.41. The maximum Gasteiger partial charge on any atom is 0.141 e. The number of pyridine rings is 1. The van der Waals surface area contributed by atoms with Gasteiger partial charge in [0.1, 0.15) is 7.85 Å². The Hall–Kier alpha value is -0.355. The molecule has 1 nitrogen and oxygen atoms in total. The summed E-state index contributed by atoms with van der Waals surface area (Å²) >= 11 is 0. The van der Waals surface area contributed by atoms with Crippen molar-refractivity contribution in [3.05, 3.63) is 17.8 Å². The molecule has 0 N–H and O–H groups in total. The number of aromatic nitrogens is 1. The Morgan fingerprint density at radius 3 is 2.64 bits per heavy atom. The molecule has 3 heteroatoms. The van der Waals surface area contributed by atoms with E-state index in [1.165, 1.54) is 11.0 Å². The predicted molar refractivity (Wildman–Crippen MR) is 55.8 cm³/mol. The van der Waals surface area contributed by atoms with Gasteiger partial charge in [0.15, 0.2) is 0 Å². The molecule has 1 aromatic heterocycles. The van der Waals surface area contributed by atoms with Crippen LogP contribution in [0, 0.1) is 0 Å². The first-order valence-electron chi connectivity index (χ1n) is 3.83. The van der Waals surface area contributed by atoms with Crippen LogP contribution in [0.3, 0.4) is 0 Å². The molecule has 11 heavy (non-hydrogen) atoms. The van der Waals surface area contributed by atoms with Gasteiger partial charge < -0.3 is 0 Å². The fraction of sp³-hybridized carbons (Fsp3) is 0.375. The molecule has 0 amide bonds. The second kappa shape index (κ2) is 3.36. The first-order chi connectivity index (χ1) is 5.11. The van der Waals surface area contributed by atoms with E-state index in [4.69, 9.17) is 0 Å². The van der Waals surface area contributed by atoms with Crippen LogP contribution in [-0.4, -0.2) is 12.8 Å². The van der Waals surface area contributed by atoms with Gasteiger partial charge in [-0.3, -0.25) is 4.98 Å². The van der Waals surface area contributed by atoms with Crippen LogP contribution in [0.4, 0.5) is 0 Å². The molecule has 58 valence electrons. The highest BCUT2D eigenvalue weighted by atomic mass is 31.0. The molecule has 1 heterocycles. The molecule has 0 spiro atoms. The van der Waals surface area contributed by atoms with Gasteiger partial charge in [0, 0.05) is 6.20 Å². The minimum absolute atomic E-state index is 0.565. The lowest BCUT2D eigenvalue weighted by atomic mass is 9.94. The van der Waals surface area contributed by atoms with Crippen LogP contribution in [0.2, 0.25) is 0 Å². The fourth-order valence-corrected chi connectivity index (χ4v) is 1.56. The van der Waals surface area contributed by atoms with Crippen LogP contribution in [0.5, 0.6) is 0 Å². The van der Waals surface area contributed by atoms with E-state index >= 15 is 0 Å². The summed E-state index contributed by atoms with van der Waals surface area (Å²) in [6.45, 7) is 4.37. The number of hydrogen-bond donors (Lipinski definition) is 0. The molecule has 0 aliphatic rings. The standard InChI is InChI=1S/C8H13BNP/c1-5(2)7-3-6(9)4-10-8(7)11/h3-5H,9,11H2,1-2H3. The lowest BCUT2D eigenvalue weighted by molar-refractivity contribution is 0.870. The molecule has 0 aromatic carbocycles. The average molecular weight is 165 g/mol. The van der Waals surface area contributed by atoms with Crippen molar-refractivity contribution in [1.29, 1.82) is 0 Å². The highest BCUT2D eigenvalue weighted by molar-refractivity contribution is 7.27. The third-order valence-corrected chi connectivity index (χ3v) is 2.19. The summed E-state index contributed by atoms with van der Waals surface area (Å²) in [4.78, 5) is 4.26. The second-order valence-electron chi connectivity index (χ2n) is 3.14.